The smallest absolute Gasteiger partial charge is 0.257 e. The number of rotatable bonds is 5. The van der Waals surface area contributed by atoms with Crippen molar-refractivity contribution in [3.8, 4) is 0 Å². The number of carbonyl (C=O) groups excluding carboxylic acids is 1. The van der Waals surface area contributed by atoms with E-state index in [0.717, 1.165) is 11.4 Å². The molecule has 0 spiro atoms. The standard InChI is InChI=1S/C20H19N3O/c1-15-7-9-16(10-8-15)12-22-19-11-17(13-21-14-19)20(24)23-18-5-3-2-4-6-18/h2-11,13-14,22H,12H2,1H3,(H,23,24). The van der Waals surface area contributed by atoms with E-state index < -0.39 is 0 Å². The molecule has 0 atom stereocenters. The minimum atomic E-state index is -0.173. The Morgan fingerprint density at radius 3 is 2.46 bits per heavy atom. The van der Waals surface area contributed by atoms with Gasteiger partial charge < -0.3 is 10.6 Å². The summed E-state index contributed by atoms with van der Waals surface area (Å²) in [5, 5.41) is 6.16. The van der Waals surface area contributed by atoms with E-state index in [-0.39, 0.29) is 5.91 Å². The molecule has 3 rings (SSSR count). The molecule has 2 N–H and O–H groups in total. The second kappa shape index (κ2) is 7.42. The van der Waals surface area contributed by atoms with Crippen molar-refractivity contribution in [1.29, 1.82) is 0 Å². The number of para-hydroxylation sites is 1. The summed E-state index contributed by atoms with van der Waals surface area (Å²) in [6, 6.07) is 19.5. The molecule has 120 valence electrons. The molecular formula is C20H19N3O. The Kier molecular flexibility index (Phi) is 4.87. The van der Waals surface area contributed by atoms with Crippen LogP contribution in [0.15, 0.2) is 73.1 Å². The van der Waals surface area contributed by atoms with Crippen LogP contribution in [0.3, 0.4) is 0 Å². The number of nitrogens with zero attached hydrogens (tertiary/aromatic N) is 1. The summed E-state index contributed by atoms with van der Waals surface area (Å²) in [4.78, 5) is 16.4. The van der Waals surface area contributed by atoms with Gasteiger partial charge in [0.15, 0.2) is 0 Å². The Labute approximate surface area is 141 Å². The zero-order valence-corrected chi connectivity index (χ0v) is 13.5. The first-order valence-electron chi connectivity index (χ1n) is 7.81. The molecule has 0 saturated carbocycles. The summed E-state index contributed by atoms with van der Waals surface area (Å²) < 4.78 is 0. The molecule has 0 aliphatic carbocycles. The molecule has 0 bridgehead atoms. The third kappa shape index (κ3) is 4.20. The maximum Gasteiger partial charge on any atom is 0.257 e. The van der Waals surface area contributed by atoms with E-state index in [4.69, 9.17) is 0 Å². The summed E-state index contributed by atoms with van der Waals surface area (Å²) in [5.41, 5.74) is 4.52. The molecule has 1 heterocycles. The molecule has 4 heteroatoms. The maximum atomic E-state index is 12.3. The molecule has 3 aromatic rings. The Bertz CT molecular complexity index is 814. The first-order valence-corrected chi connectivity index (χ1v) is 7.81. The van der Waals surface area contributed by atoms with Gasteiger partial charge in [-0.05, 0) is 30.7 Å². The second-order valence-electron chi connectivity index (χ2n) is 5.62. The molecule has 0 fully saturated rings. The first kappa shape index (κ1) is 15.7. The molecule has 0 saturated heterocycles. The van der Waals surface area contributed by atoms with Gasteiger partial charge in [-0.2, -0.15) is 0 Å². The summed E-state index contributed by atoms with van der Waals surface area (Å²) in [6.45, 7) is 2.75. The van der Waals surface area contributed by atoms with Crippen molar-refractivity contribution < 1.29 is 4.79 Å². The number of benzene rings is 2. The van der Waals surface area contributed by atoms with Crippen molar-refractivity contribution in [2.24, 2.45) is 0 Å². The number of aryl methyl sites for hydroxylation is 1. The van der Waals surface area contributed by atoms with E-state index in [2.05, 4.69) is 46.8 Å². The largest absolute Gasteiger partial charge is 0.380 e. The summed E-state index contributed by atoms with van der Waals surface area (Å²) in [7, 11) is 0. The molecular weight excluding hydrogens is 298 g/mol. The fourth-order valence-corrected chi connectivity index (χ4v) is 2.30. The number of pyridine rings is 1. The van der Waals surface area contributed by atoms with Crippen LogP contribution < -0.4 is 10.6 Å². The number of anilines is 2. The van der Waals surface area contributed by atoms with Gasteiger partial charge in [-0.3, -0.25) is 9.78 Å². The predicted octanol–water partition coefficient (Wildman–Crippen LogP) is 4.25. The molecule has 0 radical (unpaired) electrons. The van der Waals surface area contributed by atoms with Crippen LogP contribution in [0.1, 0.15) is 21.5 Å². The van der Waals surface area contributed by atoms with Gasteiger partial charge in [0.25, 0.3) is 5.91 Å². The highest BCUT2D eigenvalue weighted by Gasteiger charge is 2.07. The van der Waals surface area contributed by atoms with E-state index in [0.29, 0.717) is 12.1 Å². The van der Waals surface area contributed by atoms with Crippen molar-refractivity contribution in [2.75, 3.05) is 10.6 Å². The molecule has 0 unspecified atom stereocenters. The van der Waals surface area contributed by atoms with Gasteiger partial charge in [-0.15, -0.1) is 0 Å². The lowest BCUT2D eigenvalue weighted by atomic mass is 10.1. The Morgan fingerprint density at radius 2 is 1.71 bits per heavy atom. The maximum absolute atomic E-state index is 12.3. The number of amides is 1. The van der Waals surface area contributed by atoms with Crippen molar-refractivity contribution >= 4 is 17.3 Å². The zero-order chi connectivity index (χ0) is 16.8. The Hall–Kier alpha value is -3.14. The molecule has 4 nitrogen and oxygen atoms in total. The molecule has 24 heavy (non-hydrogen) atoms. The van der Waals surface area contributed by atoms with Crippen LogP contribution in [0.2, 0.25) is 0 Å². The van der Waals surface area contributed by atoms with Gasteiger partial charge in [-0.25, -0.2) is 0 Å². The minimum absolute atomic E-state index is 0.173. The second-order valence-corrected chi connectivity index (χ2v) is 5.62. The van der Waals surface area contributed by atoms with E-state index in [1.54, 1.807) is 18.5 Å². The predicted molar refractivity (Wildman–Crippen MR) is 97.1 cm³/mol. The SMILES string of the molecule is Cc1ccc(CNc2cncc(C(=O)Nc3ccccc3)c2)cc1. The van der Waals surface area contributed by atoms with E-state index in [1.807, 2.05) is 30.3 Å². The Morgan fingerprint density at radius 1 is 0.958 bits per heavy atom. The van der Waals surface area contributed by atoms with E-state index >= 15 is 0 Å². The van der Waals surface area contributed by atoms with E-state index in [1.165, 1.54) is 11.1 Å². The van der Waals surface area contributed by atoms with E-state index in [9.17, 15) is 4.79 Å². The number of nitrogens with one attached hydrogen (secondary N) is 2. The normalized spacial score (nSPS) is 10.2. The lowest BCUT2D eigenvalue weighted by molar-refractivity contribution is 0.102. The minimum Gasteiger partial charge on any atom is -0.380 e. The number of carbonyl (C=O) groups is 1. The molecule has 0 aliphatic rings. The Balaban J connectivity index is 1.65. The lowest BCUT2D eigenvalue weighted by Crippen LogP contribution is -2.12. The van der Waals surface area contributed by atoms with Gasteiger partial charge in [0.05, 0.1) is 11.3 Å². The van der Waals surface area contributed by atoms with Crippen LogP contribution in [-0.4, -0.2) is 10.9 Å². The van der Waals surface area contributed by atoms with Crippen molar-refractivity contribution in [3.63, 3.8) is 0 Å². The fourth-order valence-electron chi connectivity index (χ4n) is 2.30. The van der Waals surface area contributed by atoms with Gasteiger partial charge in [-0.1, -0.05) is 48.0 Å². The summed E-state index contributed by atoms with van der Waals surface area (Å²) in [6.07, 6.45) is 3.28. The van der Waals surface area contributed by atoms with Crippen LogP contribution in [0.5, 0.6) is 0 Å². The van der Waals surface area contributed by atoms with Crippen LogP contribution in [0.25, 0.3) is 0 Å². The average Bonchev–Trinajstić information content (AvgIpc) is 2.62. The number of aromatic nitrogens is 1. The van der Waals surface area contributed by atoms with Gasteiger partial charge in [0.2, 0.25) is 0 Å². The topological polar surface area (TPSA) is 54.0 Å². The number of hydrogen-bond donors (Lipinski definition) is 2. The highest BCUT2D eigenvalue weighted by atomic mass is 16.1. The van der Waals surface area contributed by atoms with Crippen LogP contribution in [0.4, 0.5) is 11.4 Å². The summed E-state index contributed by atoms with van der Waals surface area (Å²) in [5.74, 6) is -0.173. The average molecular weight is 317 g/mol. The fraction of sp³-hybridized carbons (Fsp3) is 0.100. The third-order valence-electron chi connectivity index (χ3n) is 3.65. The zero-order valence-electron chi connectivity index (χ0n) is 13.5. The van der Waals surface area contributed by atoms with Crippen LogP contribution >= 0.6 is 0 Å². The van der Waals surface area contributed by atoms with Gasteiger partial charge in [0, 0.05) is 24.6 Å². The third-order valence-corrected chi connectivity index (χ3v) is 3.65. The van der Waals surface area contributed by atoms with Crippen LogP contribution in [-0.2, 0) is 6.54 Å². The lowest BCUT2D eigenvalue weighted by Gasteiger charge is -2.09. The molecule has 0 aliphatic heterocycles. The van der Waals surface area contributed by atoms with Gasteiger partial charge >= 0.3 is 0 Å². The van der Waals surface area contributed by atoms with Crippen molar-refractivity contribution in [3.05, 3.63) is 89.7 Å². The van der Waals surface area contributed by atoms with Crippen molar-refractivity contribution in [1.82, 2.24) is 4.98 Å². The van der Waals surface area contributed by atoms with Crippen molar-refractivity contribution in [2.45, 2.75) is 13.5 Å². The molecule has 1 aromatic heterocycles. The molecule has 2 aromatic carbocycles. The van der Waals surface area contributed by atoms with Crippen LogP contribution in [0, 0.1) is 6.92 Å². The first-order chi connectivity index (χ1) is 11.7. The molecule has 1 amide bonds. The highest BCUT2D eigenvalue weighted by molar-refractivity contribution is 6.04. The highest BCUT2D eigenvalue weighted by Crippen LogP contribution is 2.13. The number of hydrogen-bond acceptors (Lipinski definition) is 3. The quantitative estimate of drug-likeness (QED) is 0.739. The summed E-state index contributed by atoms with van der Waals surface area (Å²) >= 11 is 0. The van der Waals surface area contributed by atoms with Gasteiger partial charge in [0.1, 0.15) is 0 Å². The monoisotopic (exact) mass is 317 g/mol.